The van der Waals surface area contributed by atoms with E-state index in [1.54, 1.807) is 26.1 Å². The number of anilines is 1. The molecule has 1 heterocycles. The topological polar surface area (TPSA) is 66.5 Å². The van der Waals surface area contributed by atoms with Crippen molar-refractivity contribution in [1.82, 2.24) is 4.90 Å². The zero-order chi connectivity index (χ0) is 15.6. The molecule has 7 heteroatoms. The third kappa shape index (κ3) is 3.93. The highest BCUT2D eigenvalue weighted by Crippen LogP contribution is 2.18. The fourth-order valence-electron chi connectivity index (χ4n) is 2.34. The van der Waals surface area contributed by atoms with Gasteiger partial charge in [0.25, 0.3) is 0 Å². The summed E-state index contributed by atoms with van der Waals surface area (Å²) in [6.07, 6.45) is 0.462. The molecule has 21 heavy (non-hydrogen) atoms. The molecule has 1 aromatic carbocycles. The van der Waals surface area contributed by atoms with Gasteiger partial charge in [-0.1, -0.05) is 6.07 Å². The van der Waals surface area contributed by atoms with Crippen molar-refractivity contribution in [2.45, 2.75) is 19.4 Å². The van der Waals surface area contributed by atoms with E-state index in [0.717, 1.165) is 5.56 Å². The summed E-state index contributed by atoms with van der Waals surface area (Å²) >= 11 is 0. The standard InChI is InChI=1S/C14H19FN2O3S/c1-10-3-4-13(12(15)7-10)16-8-14(18)17(2)11-5-6-21(19,20)9-11/h3-4,7,11,16H,5-6,8-9H2,1-2H3. The van der Waals surface area contributed by atoms with E-state index in [1.165, 1.54) is 11.0 Å². The summed E-state index contributed by atoms with van der Waals surface area (Å²) in [5.74, 6) is -0.533. The number of aryl methyl sites for hydroxylation is 1. The Morgan fingerprint density at radius 2 is 2.19 bits per heavy atom. The molecule has 0 aromatic heterocycles. The van der Waals surface area contributed by atoms with Gasteiger partial charge in [-0.2, -0.15) is 0 Å². The Balaban J connectivity index is 1.92. The SMILES string of the molecule is Cc1ccc(NCC(=O)N(C)C2CCS(=O)(=O)C2)c(F)c1. The van der Waals surface area contributed by atoms with Crippen LogP contribution in [-0.2, 0) is 14.6 Å². The largest absolute Gasteiger partial charge is 0.374 e. The van der Waals surface area contributed by atoms with Gasteiger partial charge in [0.05, 0.1) is 23.7 Å². The second-order valence-corrected chi connectivity index (χ2v) is 7.63. The first-order valence-electron chi connectivity index (χ1n) is 6.74. The third-order valence-corrected chi connectivity index (χ3v) is 5.45. The summed E-state index contributed by atoms with van der Waals surface area (Å²) in [5, 5.41) is 2.75. The summed E-state index contributed by atoms with van der Waals surface area (Å²) in [5.41, 5.74) is 1.07. The van der Waals surface area contributed by atoms with Crippen molar-refractivity contribution in [3.8, 4) is 0 Å². The number of likely N-dealkylation sites (N-methyl/N-ethyl adjacent to an activating group) is 1. The minimum atomic E-state index is -3.03. The van der Waals surface area contributed by atoms with Crippen LogP contribution < -0.4 is 5.32 Å². The molecule has 1 N–H and O–H groups in total. The molecule has 2 rings (SSSR count). The molecular weight excluding hydrogens is 295 g/mol. The third-order valence-electron chi connectivity index (χ3n) is 3.70. The highest BCUT2D eigenvalue weighted by atomic mass is 32.2. The maximum Gasteiger partial charge on any atom is 0.241 e. The Kier molecular flexibility index (Phi) is 4.51. The van der Waals surface area contributed by atoms with E-state index < -0.39 is 15.7 Å². The second-order valence-electron chi connectivity index (χ2n) is 5.40. The molecule has 1 aromatic rings. The number of hydrogen-bond acceptors (Lipinski definition) is 4. The highest BCUT2D eigenvalue weighted by molar-refractivity contribution is 7.91. The van der Waals surface area contributed by atoms with Gasteiger partial charge in [-0.05, 0) is 31.0 Å². The van der Waals surface area contributed by atoms with Gasteiger partial charge in [0, 0.05) is 13.1 Å². The number of nitrogens with one attached hydrogen (secondary N) is 1. The molecule has 0 spiro atoms. The number of halogens is 1. The van der Waals surface area contributed by atoms with Crippen LogP contribution in [0.5, 0.6) is 0 Å². The van der Waals surface area contributed by atoms with Crippen LogP contribution in [0.25, 0.3) is 0 Å². The second kappa shape index (κ2) is 6.01. The van der Waals surface area contributed by atoms with Crippen LogP contribution >= 0.6 is 0 Å². The van der Waals surface area contributed by atoms with Gasteiger partial charge in [0.2, 0.25) is 5.91 Å². The van der Waals surface area contributed by atoms with Gasteiger partial charge in [-0.25, -0.2) is 12.8 Å². The molecule has 0 radical (unpaired) electrons. The molecule has 1 aliphatic heterocycles. The van der Waals surface area contributed by atoms with Gasteiger partial charge >= 0.3 is 0 Å². The molecule has 1 unspecified atom stereocenters. The molecule has 0 bridgehead atoms. The highest BCUT2D eigenvalue weighted by Gasteiger charge is 2.32. The molecule has 0 saturated carbocycles. The van der Waals surface area contributed by atoms with Crippen LogP contribution in [0, 0.1) is 12.7 Å². The zero-order valence-corrected chi connectivity index (χ0v) is 12.9. The Morgan fingerprint density at radius 3 is 2.76 bits per heavy atom. The van der Waals surface area contributed by atoms with E-state index in [0.29, 0.717) is 6.42 Å². The van der Waals surface area contributed by atoms with Crippen molar-refractivity contribution in [2.24, 2.45) is 0 Å². The maximum atomic E-state index is 13.6. The summed E-state index contributed by atoms with van der Waals surface area (Å²) in [6.45, 7) is 1.72. The lowest BCUT2D eigenvalue weighted by Gasteiger charge is -2.23. The summed E-state index contributed by atoms with van der Waals surface area (Å²) < 4.78 is 36.5. The van der Waals surface area contributed by atoms with E-state index in [9.17, 15) is 17.6 Å². The van der Waals surface area contributed by atoms with Crippen molar-refractivity contribution in [2.75, 3.05) is 30.4 Å². The molecule has 0 aliphatic carbocycles. The van der Waals surface area contributed by atoms with E-state index in [4.69, 9.17) is 0 Å². The van der Waals surface area contributed by atoms with E-state index in [1.807, 2.05) is 0 Å². The van der Waals surface area contributed by atoms with Crippen molar-refractivity contribution >= 4 is 21.4 Å². The van der Waals surface area contributed by atoms with Crippen LogP contribution in [0.15, 0.2) is 18.2 Å². The Hall–Kier alpha value is -1.63. The average molecular weight is 314 g/mol. The summed E-state index contributed by atoms with van der Waals surface area (Å²) in [4.78, 5) is 13.5. The molecule has 1 aliphatic rings. The predicted octanol–water partition coefficient (Wildman–Crippen LogP) is 1.19. The van der Waals surface area contributed by atoms with Crippen molar-refractivity contribution in [1.29, 1.82) is 0 Å². The summed E-state index contributed by atoms with van der Waals surface area (Å²) in [6, 6.07) is 4.44. The Labute approximate surface area is 124 Å². The molecular formula is C14H19FN2O3S. The number of amides is 1. The van der Waals surface area contributed by atoms with E-state index >= 15 is 0 Å². The van der Waals surface area contributed by atoms with Gasteiger partial charge < -0.3 is 10.2 Å². The molecule has 1 atom stereocenters. The van der Waals surface area contributed by atoms with Crippen molar-refractivity contribution in [3.63, 3.8) is 0 Å². The minimum absolute atomic E-state index is 0.00807. The predicted molar refractivity (Wildman–Crippen MR) is 79.5 cm³/mol. The fraction of sp³-hybridized carbons (Fsp3) is 0.500. The van der Waals surface area contributed by atoms with Crippen LogP contribution in [0.1, 0.15) is 12.0 Å². The molecule has 1 fully saturated rings. The van der Waals surface area contributed by atoms with Gasteiger partial charge in [0.15, 0.2) is 9.84 Å². The zero-order valence-electron chi connectivity index (χ0n) is 12.1. The van der Waals surface area contributed by atoms with Crippen LogP contribution in [0.2, 0.25) is 0 Å². The van der Waals surface area contributed by atoms with Crippen molar-refractivity contribution in [3.05, 3.63) is 29.6 Å². The number of hydrogen-bond donors (Lipinski definition) is 1. The normalized spacial score (nSPS) is 20.2. The van der Waals surface area contributed by atoms with Gasteiger partial charge in [-0.3, -0.25) is 4.79 Å². The van der Waals surface area contributed by atoms with Crippen LogP contribution in [0.3, 0.4) is 0 Å². The lowest BCUT2D eigenvalue weighted by molar-refractivity contribution is -0.129. The first kappa shape index (κ1) is 15.8. The number of carbonyl (C=O) groups excluding carboxylic acids is 1. The molecule has 1 amide bonds. The number of sulfone groups is 1. The first-order valence-corrected chi connectivity index (χ1v) is 8.57. The Morgan fingerprint density at radius 1 is 1.48 bits per heavy atom. The van der Waals surface area contributed by atoms with Crippen LogP contribution in [0.4, 0.5) is 10.1 Å². The van der Waals surface area contributed by atoms with Gasteiger partial charge in [0.1, 0.15) is 5.82 Å². The molecule has 116 valence electrons. The fourth-order valence-corrected chi connectivity index (χ4v) is 4.12. The van der Waals surface area contributed by atoms with Crippen LogP contribution in [-0.4, -0.2) is 50.4 Å². The molecule has 5 nitrogen and oxygen atoms in total. The minimum Gasteiger partial charge on any atom is -0.374 e. The average Bonchev–Trinajstić information content (AvgIpc) is 2.77. The van der Waals surface area contributed by atoms with E-state index in [2.05, 4.69) is 5.32 Å². The van der Waals surface area contributed by atoms with Gasteiger partial charge in [-0.15, -0.1) is 0 Å². The smallest absolute Gasteiger partial charge is 0.241 e. The summed E-state index contributed by atoms with van der Waals surface area (Å²) in [7, 11) is -1.44. The molecule has 1 saturated heterocycles. The number of nitrogens with zero attached hydrogens (tertiary/aromatic N) is 1. The van der Waals surface area contributed by atoms with E-state index in [-0.39, 0.29) is 35.7 Å². The van der Waals surface area contributed by atoms with Crippen molar-refractivity contribution < 1.29 is 17.6 Å². The quantitative estimate of drug-likeness (QED) is 0.906. The Bertz CT molecular complexity index is 646. The number of rotatable bonds is 4. The first-order chi connectivity index (χ1) is 9.78. The number of benzene rings is 1. The maximum absolute atomic E-state index is 13.6. The lowest BCUT2D eigenvalue weighted by Crippen LogP contribution is -2.41. The monoisotopic (exact) mass is 314 g/mol. The lowest BCUT2D eigenvalue weighted by atomic mass is 10.2. The number of carbonyl (C=O) groups is 1.